The summed E-state index contributed by atoms with van der Waals surface area (Å²) in [6, 6.07) is 10.4. The van der Waals surface area contributed by atoms with Crippen LogP contribution in [0.3, 0.4) is 0 Å². The Hall–Kier alpha value is -2.65. The number of nitrogens with zero attached hydrogens (tertiary/aromatic N) is 2. The van der Waals surface area contributed by atoms with Crippen molar-refractivity contribution in [3.05, 3.63) is 66.1 Å². The second kappa shape index (κ2) is 7.08. The molecule has 0 spiro atoms. The van der Waals surface area contributed by atoms with Crippen LogP contribution in [0, 0.1) is 11.6 Å². The first-order valence-corrected chi connectivity index (χ1v) is 8.76. The molecule has 0 fully saturated rings. The molecule has 0 aliphatic rings. The number of nitrogens with one attached hydrogen (secondary N) is 1. The Bertz CT molecular complexity index is 972. The number of aromatic nitrogens is 2. The van der Waals surface area contributed by atoms with Crippen molar-refractivity contribution in [2.45, 2.75) is 11.3 Å². The van der Waals surface area contributed by atoms with E-state index in [-0.39, 0.29) is 35.2 Å². The highest BCUT2D eigenvalue weighted by atomic mass is 32.2. The van der Waals surface area contributed by atoms with Crippen LogP contribution in [0.4, 0.5) is 8.78 Å². The summed E-state index contributed by atoms with van der Waals surface area (Å²) in [5.41, 5.74) is 0.174. The number of rotatable bonds is 6. The molecule has 1 aromatic heterocycles. The number of halogens is 2. The predicted molar refractivity (Wildman–Crippen MR) is 85.0 cm³/mol. The zero-order valence-electron chi connectivity index (χ0n) is 12.8. The van der Waals surface area contributed by atoms with Crippen molar-refractivity contribution in [3.63, 3.8) is 0 Å². The van der Waals surface area contributed by atoms with Crippen LogP contribution >= 0.6 is 0 Å². The summed E-state index contributed by atoms with van der Waals surface area (Å²) in [5, 5.41) is 7.52. The van der Waals surface area contributed by atoms with Crippen molar-refractivity contribution in [3.8, 4) is 11.5 Å². The fourth-order valence-corrected chi connectivity index (χ4v) is 3.12. The molecule has 1 heterocycles. The molecule has 3 aromatic rings. The van der Waals surface area contributed by atoms with E-state index in [0.29, 0.717) is 0 Å². The monoisotopic (exact) mass is 365 g/mol. The molecular weight excluding hydrogens is 352 g/mol. The van der Waals surface area contributed by atoms with E-state index < -0.39 is 21.7 Å². The predicted octanol–water partition coefficient (Wildman–Crippen LogP) is 2.54. The topological polar surface area (TPSA) is 85.1 Å². The van der Waals surface area contributed by atoms with Gasteiger partial charge in [-0.2, -0.15) is 0 Å². The third kappa shape index (κ3) is 4.06. The molecule has 1 N–H and O–H groups in total. The van der Waals surface area contributed by atoms with Gasteiger partial charge in [-0.1, -0.05) is 12.1 Å². The molecule has 0 saturated heterocycles. The van der Waals surface area contributed by atoms with E-state index in [4.69, 9.17) is 4.42 Å². The lowest BCUT2D eigenvalue weighted by atomic mass is 10.2. The third-order valence-corrected chi connectivity index (χ3v) is 4.80. The van der Waals surface area contributed by atoms with E-state index in [1.54, 1.807) is 12.1 Å². The number of hydrogen-bond donors (Lipinski definition) is 1. The van der Waals surface area contributed by atoms with Gasteiger partial charge in [-0.25, -0.2) is 21.9 Å². The Labute approximate surface area is 142 Å². The standard InChI is InChI=1S/C16H13F2N3O3S/c17-11-5-7-12(8-6-11)25(22,23)19-10-9-15-20-21-16(24-15)13-3-1-2-4-14(13)18/h1-8,19H,9-10H2. The van der Waals surface area contributed by atoms with Crippen LogP contribution in [-0.4, -0.2) is 25.2 Å². The fourth-order valence-electron chi connectivity index (χ4n) is 2.09. The highest BCUT2D eigenvalue weighted by Crippen LogP contribution is 2.21. The van der Waals surface area contributed by atoms with Crippen LogP contribution in [-0.2, 0) is 16.4 Å². The van der Waals surface area contributed by atoms with E-state index in [9.17, 15) is 17.2 Å². The second-order valence-electron chi connectivity index (χ2n) is 5.08. The van der Waals surface area contributed by atoms with Crippen molar-refractivity contribution >= 4 is 10.0 Å². The third-order valence-electron chi connectivity index (χ3n) is 3.33. The van der Waals surface area contributed by atoms with Crippen LogP contribution in [0.25, 0.3) is 11.5 Å². The molecule has 0 atom stereocenters. The van der Waals surface area contributed by atoms with Gasteiger partial charge in [0.25, 0.3) is 5.89 Å². The van der Waals surface area contributed by atoms with Gasteiger partial charge in [0.2, 0.25) is 15.9 Å². The van der Waals surface area contributed by atoms with Gasteiger partial charge in [0, 0.05) is 13.0 Å². The minimum Gasteiger partial charge on any atom is -0.421 e. The van der Waals surface area contributed by atoms with Gasteiger partial charge in [0.15, 0.2) is 0 Å². The zero-order chi connectivity index (χ0) is 17.9. The van der Waals surface area contributed by atoms with E-state index in [1.807, 2.05) is 0 Å². The summed E-state index contributed by atoms with van der Waals surface area (Å²) < 4.78 is 58.3. The first kappa shape index (κ1) is 17.2. The molecule has 0 amide bonds. The molecule has 3 rings (SSSR count). The summed E-state index contributed by atoms with van der Waals surface area (Å²) in [6.07, 6.45) is 0.127. The molecule has 130 valence electrons. The molecule has 0 saturated carbocycles. The Balaban J connectivity index is 1.63. The smallest absolute Gasteiger partial charge is 0.250 e. The molecule has 0 unspecified atom stereocenters. The Morgan fingerprint density at radius 1 is 1.00 bits per heavy atom. The Morgan fingerprint density at radius 2 is 1.72 bits per heavy atom. The maximum absolute atomic E-state index is 13.7. The van der Waals surface area contributed by atoms with Crippen molar-refractivity contribution in [1.29, 1.82) is 0 Å². The Kier molecular flexibility index (Phi) is 4.86. The molecule has 0 aliphatic carbocycles. The van der Waals surface area contributed by atoms with Crippen molar-refractivity contribution in [2.24, 2.45) is 0 Å². The lowest BCUT2D eigenvalue weighted by Crippen LogP contribution is -2.26. The first-order chi connectivity index (χ1) is 12.0. The van der Waals surface area contributed by atoms with Crippen molar-refractivity contribution in [1.82, 2.24) is 14.9 Å². The van der Waals surface area contributed by atoms with Gasteiger partial charge < -0.3 is 4.42 Å². The van der Waals surface area contributed by atoms with Gasteiger partial charge in [-0.3, -0.25) is 0 Å². The maximum atomic E-state index is 13.7. The number of sulfonamides is 1. The summed E-state index contributed by atoms with van der Waals surface area (Å²) >= 11 is 0. The minimum atomic E-state index is -3.77. The lowest BCUT2D eigenvalue weighted by molar-refractivity contribution is 0.498. The second-order valence-corrected chi connectivity index (χ2v) is 6.85. The van der Waals surface area contributed by atoms with Crippen LogP contribution in [0.15, 0.2) is 57.8 Å². The normalized spacial score (nSPS) is 11.6. The van der Waals surface area contributed by atoms with Crippen molar-refractivity contribution < 1.29 is 21.6 Å². The molecule has 2 aromatic carbocycles. The Morgan fingerprint density at radius 3 is 2.44 bits per heavy atom. The zero-order valence-corrected chi connectivity index (χ0v) is 13.6. The minimum absolute atomic E-state index is 0.00137. The largest absolute Gasteiger partial charge is 0.421 e. The molecule has 0 radical (unpaired) electrons. The van der Waals surface area contributed by atoms with Crippen molar-refractivity contribution in [2.75, 3.05) is 6.54 Å². The highest BCUT2D eigenvalue weighted by molar-refractivity contribution is 7.89. The van der Waals surface area contributed by atoms with E-state index in [0.717, 1.165) is 12.1 Å². The number of hydrogen-bond acceptors (Lipinski definition) is 5. The van der Waals surface area contributed by atoms with Gasteiger partial charge >= 0.3 is 0 Å². The van der Waals surface area contributed by atoms with Gasteiger partial charge in [0.05, 0.1) is 10.5 Å². The van der Waals surface area contributed by atoms with E-state index >= 15 is 0 Å². The van der Waals surface area contributed by atoms with Gasteiger partial charge in [-0.15, -0.1) is 10.2 Å². The van der Waals surface area contributed by atoms with Gasteiger partial charge in [-0.05, 0) is 36.4 Å². The SMILES string of the molecule is O=S(=O)(NCCc1nnc(-c2ccccc2F)o1)c1ccc(F)cc1. The number of benzene rings is 2. The molecule has 6 nitrogen and oxygen atoms in total. The fraction of sp³-hybridized carbons (Fsp3) is 0.125. The van der Waals surface area contributed by atoms with Crippen LogP contribution in [0.2, 0.25) is 0 Å². The highest BCUT2D eigenvalue weighted by Gasteiger charge is 2.15. The summed E-state index contributed by atoms with van der Waals surface area (Å²) in [6.45, 7) is -0.00137. The summed E-state index contributed by atoms with van der Waals surface area (Å²) in [4.78, 5) is -0.0496. The van der Waals surface area contributed by atoms with Crippen LogP contribution in [0.5, 0.6) is 0 Å². The first-order valence-electron chi connectivity index (χ1n) is 7.28. The molecule has 0 aliphatic heterocycles. The average Bonchev–Trinajstić information content (AvgIpc) is 3.04. The molecular formula is C16H13F2N3O3S. The summed E-state index contributed by atoms with van der Waals surface area (Å²) in [7, 11) is -3.77. The molecule has 25 heavy (non-hydrogen) atoms. The molecule has 9 heteroatoms. The lowest BCUT2D eigenvalue weighted by Gasteiger charge is -2.05. The van der Waals surface area contributed by atoms with Crippen LogP contribution in [0.1, 0.15) is 5.89 Å². The quantitative estimate of drug-likeness (QED) is 0.726. The average molecular weight is 365 g/mol. The maximum Gasteiger partial charge on any atom is 0.250 e. The van der Waals surface area contributed by atoms with E-state index in [2.05, 4.69) is 14.9 Å². The van der Waals surface area contributed by atoms with Gasteiger partial charge in [0.1, 0.15) is 11.6 Å². The summed E-state index contributed by atoms with van der Waals surface area (Å²) in [5.74, 6) is -0.824. The van der Waals surface area contributed by atoms with Crippen LogP contribution < -0.4 is 4.72 Å². The molecule has 0 bridgehead atoms. The van der Waals surface area contributed by atoms with E-state index in [1.165, 1.54) is 24.3 Å².